The lowest BCUT2D eigenvalue weighted by Crippen LogP contribution is -2.34. The highest BCUT2D eigenvalue weighted by molar-refractivity contribution is 8.00. The van der Waals surface area contributed by atoms with Crippen molar-refractivity contribution in [2.45, 2.75) is 31.2 Å². The van der Waals surface area contributed by atoms with Gasteiger partial charge in [-0.25, -0.2) is 4.98 Å². The maximum Gasteiger partial charge on any atom is 0.267 e. The molecule has 1 aromatic carbocycles. The number of hydrogen-bond acceptors (Lipinski definition) is 5. The summed E-state index contributed by atoms with van der Waals surface area (Å²) >= 11 is 2.73. The summed E-state index contributed by atoms with van der Waals surface area (Å²) in [5.41, 5.74) is 0.634. The third-order valence-corrected chi connectivity index (χ3v) is 5.68. The zero-order valence-electron chi connectivity index (χ0n) is 14.9. The van der Waals surface area contributed by atoms with E-state index in [0.29, 0.717) is 27.8 Å². The van der Waals surface area contributed by atoms with Crippen molar-refractivity contribution in [2.24, 2.45) is 5.92 Å². The first-order chi connectivity index (χ1) is 12.5. The minimum absolute atomic E-state index is 0.0520. The van der Waals surface area contributed by atoms with Crippen LogP contribution in [0, 0.1) is 5.92 Å². The number of thiophene rings is 1. The normalized spacial score (nSPS) is 12.5. The molecule has 0 saturated heterocycles. The summed E-state index contributed by atoms with van der Waals surface area (Å²) < 4.78 is 1.59. The van der Waals surface area contributed by atoms with E-state index in [1.165, 1.54) is 23.1 Å². The number of para-hydroxylation sites is 1. The summed E-state index contributed by atoms with van der Waals surface area (Å²) in [5.74, 6) is 0.336. The van der Waals surface area contributed by atoms with E-state index in [1.54, 1.807) is 10.6 Å². The van der Waals surface area contributed by atoms with Crippen LogP contribution >= 0.6 is 23.1 Å². The van der Waals surface area contributed by atoms with Crippen LogP contribution in [0.25, 0.3) is 15.9 Å². The number of hydrogen-bond donors (Lipinski definition) is 1. The van der Waals surface area contributed by atoms with Gasteiger partial charge in [0.2, 0.25) is 5.91 Å². The molecule has 0 radical (unpaired) electrons. The van der Waals surface area contributed by atoms with E-state index in [9.17, 15) is 9.59 Å². The van der Waals surface area contributed by atoms with Crippen molar-refractivity contribution in [1.29, 1.82) is 0 Å². The SMILES string of the molecule is CC(C)CNC(=O)[C@@H](C)Sc1nc2sccc2c(=O)n1-c1ccccc1. The molecule has 0 aliphatic rings. The maximum atomic E-state index is 13.0. The molecule has 0 aliphatic carbocycles. The number of benzene rings is 1. The van der Waals surface area contributed by atoms with Gasteiger partial charge in [-0.15, -0.1) is 11.3 Å². The van der Waals surface area contributed by atoms with Gasteiger partial charge in [0.1, 0.15) is 4.83 Å². The molecule has 7 heteroatoms. The van der Waals surface area contributed by atoms with Gasteiger partial charge in [0.05, 0.1) is 16.3 Å². The summed E-state index contributed by atoms with van der Waals surface area (Å²) in [6, 6.07) is 11.2. The van der Waals surface area contributed by atoms with Crippen LogP contribution in [0.4, 0.5) is 0 Å². The Morgan fingerprint density at radius 2 is 1.96 bits per heavy atom. The van der Waals surface area contributed by atoms with Gasteiger partial charge in [0.25, 0.3) is 5.56 Å². The van der Waals surface area contributed by atoms with Crippen LogP contribution < -0.4 is 10.9 Å². The molecule has 26 heavy (non-hydrogen) atoms. The van der Waals surface area contributed by atoms with Crippen LogP contribution in [0.15, 0.2) is 51.7 Å². The summed E-state index contributed by atoms with van der Waals surface area (Å²) in [5, 5.41) is 5.57. The number of thioether (sulfide) groups is 1. The minimum atomic E-state index is -0.354. The monoisotopic (exact) mass is 387 g/mol. The predicted molar refractivity (Wildman–Crippen MR) is 108 cm³/mol. The summed E-state index contributed by atoms with van der Waals surface area (Å²) in [4.78, 5) is 30.7. The molecule has 0 fully saturated rings. The van der Waals surface area contributed by atoms with Gasteiger partial charge in [0, 0.05) is 6.54 Å². The molecule has 136 valence electrons. The molecule has 1 atom stereocenters. The van der Waals surface area contributed by atoms with Gasteiger partial charge < -0.3 is 5.32 Å². The minimum Gasteiger partial charge on any atom is -0.355 e. The largest absolute Gasteiger partial charge is 0.355 e. The lowest BCUT2D eigenvalue weighted by Gasteiger charge is -2.16. The van der Waals surface area contributed by atoms with Crippen LogP contribution in [0.3, 0.4) is 0 Å². The highest BCUT2D eigenvalue weighted by Crippen LogP contribution is 2.26. The van der Waals surface area contributed by atoms with E-state index in [2.05, 4.69) is 24.1 Å². The van der Waals surface area contributed by atoms with Crippen LogP contribution in [0.1, 0.15) is 20.8 Å². The van der Waals surface area contributed by atoms with E-state index < -0.39 is 0 Å². The third kappa shape index (κ3) is 3.99. The molecule has 1 N–H and O–H groups in total. The number of fused-ring (bicyclic) bond motifs is 1. The number of carbonyl (C=O) groups excluding carboxylic acids is 1. The van der Waals surface area contributed by atoms with Gasteiger partial charge in [-0.3, -0.25) is 14.2 Å². The average molecular weight is 388 g/mol. The van der Waals surface area contributed by atoms with E-state index in [4.69, 9.17) is 0 Å². The Morgan fingerprint density at radius 3 is 2.65 bits per heavy atom. The van der Waals surface area contributed by atoms with Crippen molar-refractivity contribution in [3.63, 3.8) is 0 Å². The average Bonchev–Trinajstić information content (AvgIpc) is 3.09. The predicted octanol–water partition coefficient (Wildman–Crippen LogP) is 3.70. The molecule has 3 aromatic rings. The maximum absolute atomic E-state index is 13.0. The second-order valence-corrected chi connectivity index (χ2v) is 8.61. The molecule has 0 saturated carbocycles. The molecule has 0 unspecified atom stereocenters. The number of nitrogens with zero attached hydrogens (tertiary/aromatic N) is 2. The standard InChI is InChI=1S/C19H21N3O2S2/c1-12(2)11-20-16(23)13(3)26-19-21-17-15(9-10-25-17)18(24)22(19)14-7-5-4-6-8-14/h4-10,12-13H,11H2,1-3H3,(H,20,23)/t13-/m1/s1. The van der Waals surface area contributed by atoms with Crippen LogP contribution in [-0.2, 0) is 4.79 Å². The molecule has 0 spiro atoms. The fraction of sp³-hybridized carbons (Fsp3) is 0.316. The van der Waals surface area contributed by atoms with Gasteiger partial charge >= 0.3 is 0 Å². The van der Waals surface area contributed by atoms with E-state index in [0.717, 1.165) is 5.69 Å². The van der Waals surface area contributed by atoms with Crippen LogP contribution in [0.5, 0.6) is 0 Å². The molecule has 1 amide bonds. The number of amides is 1. The first-order valence-electron chi connectivity index (χ1n) is 8.47. The summed E-state index contributed by atoms with van der Waals surface area (Å²) in [6.45, 7) is 6.57. The highest BCUT2D eigenvalue weighted by Gasteiger charge is 2.20. The second-order valence-electron chi connectivity index (χ2n) is 6.41. The third-order valence-electron chi connectivity index (χ3n) is 3.82. The van der Waals surface area contributed by atoms with Gasteiger partial charge in [0.15, 0.2) is 5.16 Å². The Labute approximate surface area is 160 Å². The topological polar surface area (TPSA) is 64.0 Å². The Bertz CT molecular complexity index is 964. The lowest BCUT2D eigenvalue weighted by atomic mass is 10.2. The lowest BCUT2D eigenvalue weighted by molar-refractivity contribution is -0.120. The van der Waals surface area contributed by atoms with Crippen LogP contribution in [-0.4, -0.2) is 27.3 Å². The Balaban J connectivity index is 1.99. The van der Waals surface area contributed by atoms with Gasteiger partial charge in [-0.2, -0.15) is 0 Å². The number of rotatable bonds is 6. The number of carbonyl (C=O) groups is 1. The summed E-state index contributed by atoms with van der Waals surface area (Å²) in [6.07, 6.45) is 0. The van der Waals surface area contributed by atoms with E-state index >= 15 is 0 Å². The number of nitrogens with one attached hydrogen (secondary N) is 1. The fourth-order valence-electron chi connectivity index (χ4n) is 2.44. The zero-order chi connectivity index (χ0) is 18.7. The molecule has 0 bridgehead atoms. The fourth-order valence-corrected chi connectivity index (χ4v) is 4.20. The van der Waals surface area contributed by atoms with E-state index in [1.807, 2.05) is 42.6 Å². The van der Waals surface area contributed by atoms with Gasteiger partial charge in [-0.05, 0) is 36.4 Å². The summed E-state index contributed by atoms with van der Waals surface area (Å²) in [7, 11) is 0. The van der Waals surface area contributed by atoms with Crippen molar-refractivity contribution >= 4 is 39.2 Å². The first-order valence-corrected chi connectivity index (χ1v) is 10.2. The molecule has 2 heterocycles. The molecular formula is C19H21N3O2S2. The molecule has 2 aromatic heterocycles. The second kappa shape index (κ2) is 8.05. The van der Waals surface area contributed by atoms with Crippen molar-refractivity contribution < 1.29 is 4.79 Å². The van der Waals surface area contributed by atoms with Crippen molar-refractivity contribution in [2.75, 3.05) is 6.54 Å². The molecule has 3 rings (SSSR count). The molecule has 5 nitrogen and oxygen atoms in total. The highest BCUT2D eigenvalue weighted by atomic mass is 32.2. The molecule has 0 aliphatic heterocycles. The smallest absolute Gasteiger partial charge is 0.267 e. The quantitative estimate of drug-likeness (QED) is 0.517. The van der Waals surface area contributed by atoms with E-state index in [-0.39, 0.29) is 16.7 Å². The first kappa shape index (κ1) is 18.7. The number of aromatic nitrogens is 2. The molecular weight excluding hydrogens is 366 g/mol. The Hall–Kier alpha value is -2.12. The van der Waals surface area contributed by atoms with Crippen molar-refractivity contribution in [3.8, 4) is 5.69 Å². The zero-order valence-corrected chi connectivity index (χ0v) is 16.6. The van der Waals surface area contributed by atoms with Crippen molar-refractivity contribution in [1.82, 2.24) is 14.9 Å². The van der Waals surface area contributed by atoms with Crippen LogP contribution in [0.2, 0.25) is 0 Å². The Kier molecular flexibility index (Phi) is 5.78. The van der Waals surface area contributed by atoms with Gasteiger partial charge in [-0.1, -0.05) is 43.8 Å². The Morgan fingerprint density at radius 1 is 1.23 bits per heavy atom. The van der Waals surface area contributed by atoms with Crippen molar-refractivity contribution in [3.05, 3.63) is 52.1 Å².